The Morgan fingerprint density at radius 2 is 1.89 bits per heavy atom. The lowest BCUT2D eigenvalue weighted by atomic mass is 10.1. The summed E-state index contributed by atoms with van der Waals surface area (Å²) in [5.74, 6) is 6.32. The fraction of sp³-hybridized carbons (Fsp3) is 0.273. The van der Waals surface area contributed by atoms with Crippen LogP contribution in [0.3, 0.4) is 0 Å². The summed E-state index contributed by atoms with van der Waals surface area (Å²) in [6.45, 7) is 6.57. The molecule has 3 aromatic carbocycles. The average molecular weight is 624 g/mol. The van der Waals surface area contributed by atoms with Crippen molar-refractivity contribution in [1.82, 2.24) is 9.91 Å². The monoisotopic (exact) mass is 623 g/mol. The Morgan fingerprint density at radius 1 is 1.13 bits per heavy atom. The van der Waals surface area contributed by atoms with Crippen LogP contribution in [0.5, 0.6) is 11.5 Å². The topological polar surface area (TPSA) is 169 Å². The molecular weight excluding hydrogens is 590 g/mol. The molecule has 0 saturated heterocycles. The zero-order valence-electron chi connectivity index (χ0n) is 25.8. The van der Waals surface area contributed by atoms with Crippen LogP contribution in [0.4, 0.5) is 0 Å². The lowest BCUT2D eigenvalue weighted by Crippen LogP contribution is -2.49. The molecule has 46 heavy (non-hydrogen) atoms. The number of carbonyl (C=O) groups is 1. The van der Waals surface area contributed by atoms with Crippen LogP contribution in [-0.4, -0.2) is 64.4 Å². The van der Waals surface area contributed by atoms with Crippen molar-refractivity contribution in [2.24, 2.45) is 15.8 Å². The van der Waals surface area contributed by atoms with Gasteiger partial charge in [-0.25, -0.2) is 20.6 Å². The van der Waals surface area contributed by atoms with E-state index in [2.05, 4.69) is 9.98 Å². The Labute approximate surface area is 265 Å². The van der Waals surface area contributed by atoms with Gasteiger partial charge < -0.3 is 19.1 Å². The fourth-order valence-corrected chi connectivity index (χ4v) is 4.85. The Balaban J connectivity index is 1.58. The van der Waals surface area contributed by atoms with E-state index in [0.717, 1.165) is 28.5 Å². The molecule has 0 spiro atoms. The van der Waals surface area contributed by atoms with E-state index in [9.17, 15) is 20.2 Å². The summed E-state index contributed by atoms with van der Waals surface area (Å²) in [4.78, 5) is 36.3. The quantitative estimate of drug-likeness (QED) is 0.157. The van der Waals surface area contributed by atoms with Crippen LogP contribution >= 0.6 is 0 Å². The molecule has 0 saturated carbocycles. The van der Waals surface area contributed by atoms with Crippen LogP contribution in [-0.2, 0) is 11.2 Å². The van der Waals surface area contributed by atoms with Gasteiger partial charge in [-0.05, 0) is 56.7 Å². The molecule has 2 aliphatic heterocycles. The summed E-state index contributed by atoms with van der Waals surface area (Å²) < 4.78 is 17.9. The summed E-state index contributed by atoms with van der Waals surface area (Å²) in [6.07, 6.45) is -1.25. The first kappa shape index (κ1) is 31.7. The Bertz CT molecular complexity index is 1790. The lowest BCUT2D eigenvalue weighted by molar-refractivity contribution is -0.420. The molecule has 0 aliphatic carbocycles. The molecule has 2 heterocycles. The van der Waals surface area contributed by atoms with E-state index in [4.69, 9.17) is 20.1 Å². The molecule has 2 aliphatic rings. The van der Waals surface area contributed by atoms with Gasteiger partial charge >= 0.3 is 11.7 Å². The number of ether oxygens (including phenoxy) is 3. The number of hydrogen-bond donors (Lipinski definition) is 1. The third kappa shape index (κ3) is 7.14. The van der Waals surface area contributed by atoms with Gasteiger partial charge in [0, 0.05) is 25.6 Å². The molecule has 13 heteroatoms. The van der Waals surface area contributed by atoms with Gasteiger partial charge in [-0.2, -0.15) is 5.26 Å². The molecule has 1 unspecified atom stereocenters. The summed E-state index contributed by atoms with van der Waals surface area (Å²) in [6, 6.07) is 22.3. The number of allylic oxidation sites excluding steroid dienone is 1. The summed E-state index contributed by atoms with van der Waals surface area (Å²) in [5, 5.41) is 23.1. The van der Waals surface area contributed by atoms with E-state index >= 15 is 0 Å². The van der Waals surface area contributed by atoms with Gasteiger partial charge in [0.25, 0.3) is 12.2 Å². The van der Waals surface area contributed by atoms with Crippen molar-refractivity contribution >= 4 is 17.5 Å². The first-order valence-electron chi connectivity index (χ1n) is 14.4. The van der Waals surface area contributed by atoms with Crippen molar-refractivity contribution in [3.05, 3.63) is 117 Å². The highest BCUT2D eigenvalue weighted by molar-refractivity contribution is 6.01. The molecule has 0 fully saturated rings. The van der Waals surface area contributed by atoms with Gasteiger partial charge in [-0.3, -0.25) is 15.1 Å². The first-order valence-corrected chi connectivity index (χ1v) is 14.4. The number of rotatable bonds is 9. The minimum absolute atomic E-state index is 0.0317. The number of nitriles is 1. The maximum Gasteiger partial charge on any atom is 0.352 e. The Morgan fingerprint density at radius 3 is 2.54 bits per heavy atom. The third-order valence-corrected chi connectivity index (χ3v) is 6.94. The smallest absolute Gasteiger partial charge is 0.352 e. The second kappa shape index (κ2) is 13.1. The molecule has 236 valence electrons. The molecule has 0 radical (unpaired) electrons. The Hall–Kier alpha value is -5.74. The number of likely N-dealkylation sites (N-methyl/N-ethyl adjacent to an activating group) is 1. The molecule has 0 bridgehead atoms. The summed E-state index contributed by atoms with van der Waals surface area (Å²) in [5.41, 5.74) is 0.306. The van der Waals surface area contributed by atoms with Gasteiger partial charge in [0.15, 0.2) is 0 Å². The number of nitrogens with zero attached hydrogens (tertiary/aromatic N) is 6. The maximum atomic E-state index is 13.2. The number of hydrazine groups is 1. The minimum Gasteiger partial charge on any atom is -0.456 e. The van der Waals surface area contributed by atoms with Crippen molar-refractivity contribution in [1.29, 1.82) is 5.26 Å². The third-order valence-electron chi connectivity index (χ3n) is 6.94. The van der Waals surface area contributed by atoms with Crippen LogP contribution in [0.25, 0.3) is 0 Å². The van der Waals surface area contributed by atoms with Crippen LogP contribution in [0.1, 0.15) is 47.8 Å². The largest absolute Gasteiger partial charge is 0.456 e. The molecule has 13 nitrogen and oxygen atoms in total. The maximum absolute atomic E-state index is 13.2. The highest BCUT2D eigenvalue weighted by Gasteiger charge is 2.40. The van der Waals surface area contributed by atoms with Crippen molar-refractivity contribution < 1.29 is 23.9 Å². The van der Waals surface area contributed by atoms with Crippen LogP contribution in [0.15, 0.2) is 94.4 Å². The van der Waals surface area contributed by atoms with Gasteiger partial charge in [0.1, 0.15) is 34.2 Å². The molecule has 3 aromatic rings. The number of amidine groups is 1. The second-order valence-electron chi connectivity index (χ2n) is 11.6. The number of nitro groups is 1. The van der Waals surface area contributed by atoms with E-state index in [-0.39, 0.29) is 29.0 Å². The van der Waals surface area contributed by atoms with Gasteiger partial charge in [-0.15, -0.1) is 0 Å². The normalized spacial score (nSPS) is 16.4. The summed E-state index contributed by atoms with van der Waals surface area (Å²) in [7, 11) is 1.95. The Kier molecular flexibility index (Phi) is 9.01. The van der Waals surface area contributed by atoms with Crippen molar-refractivity contribution in [3.63, 3.8) is 0 Å². The van der Waals surface area contributed by atoms with Crippen LogP contribution < -0.4 is 15.3 Å². The van der Waals surface area contributed by atoms with Crippen molar-refractivity contribution in [2.75, 3.05) is 20.1 Å². The van der Waals surface area contributed by atoms with E-state index in [1.54, 1.807) is 39.0 Å². The number of aliphatic imine (C=N–C) groups is 2. The van der Waals surface area contributed by atoms with E-state index in [0.29, 0.717) is 12.3 Å². The van der Waals surface area contributed by atoms with Gasteiger partial charge in [0.05, 0.1) is 23.1 Å². The lowest BCUT2D eigenvalue weighted by Gasteiger charge is -2.31. The first-order chi connectivity index (χ1) is 21.9. The zero-order valence-corrected chi connectivity index (χ0v) is 25.8. The zero-order chi connectivity index (χ0) is 33.0. The van der Waals surface area contributed by atoms with Crippen LogP contribution in [0, 0.1) is 21.4 Å². The second-order valence-corrected chi connectivity index (χ2v) is 11.6. The number of esters is 1. The molecule has 0 amide bonds. The molecule has 1 atom stereocenters. The molecule has 0 aromatic heterocycles. The minimum atomic E-state index is -1.31. The molecule has 2 N–H and O–H groups in total. The van der Waals surface area contributed by atoms with Crippen LogP contribution in [0.2, 0.25) is 0 Å². The van der Waals surface area contributed by atoms with E-state index in [1.807, 2.05) is 54.4 Å². The number of hydrogen-bond acceptors (Lipinski definition) is 12. The predicted octanol–water partition coefficient (Wildman–Crippen LogP) is 4.27. The number of carbonyl (C=O) groups excluding carboxylic acids is 1. The molecule has 5 rings (SSSR count). The average Bonchev–Trinajstić information content (AvgIpc) is 3.44. The standard InChI is InChI=1S/C33H33N7O6/c1-33(2,3)46-31(41)25-14-13-22(20-34)18-27(25)45-30-28(40(42)43)26(17-21-9-6-5-7-10-21)37-32(39(30)35)44-24-12-8-11-23(19-24)29-36-15-16-38(29)4/h5-14,18-19,32H,15-17,35H2,1-4H3. The van der Waals surface area contributed by atoms with E-state index < -0.39 is 34.4 Å². The predicted molar refractivity (Wildman–Crippen MR) is 169 cm³/mol. The number of benzene rings is 3. The molecular formula is C33H33N7O6. The highest BCUT2D eigenvalue weighted by Crippen LogP contribution is 2.31. The van der Waals surface area contributed by atoms with Gasteiger partial charge in [-0.1, -0.05) is 42.5 Å². The van der Waals surface area contributed by atoms with Crippen molar-refractivity contribution in [3.8, 4) is 17.6 Å². The number of nitrogens with two attached hydrogens (primary N) is 1. The van der Waals surface area contributed by atoms with Crippen molar-refractivity contribution in [2.45, 2.75) is 39.1 Å². The fourth-order valence-electron chi connectivity index (χ4n) is 4.85. The van der Waals surface area contributed by atoms with E-state index in [1.165, 1.54) is 18.2 Å². The summed E-state index contributed by atoms with van der Waals surface area (Å²) >= 11 is 0. The van der Waals surface area contributed by atoms with Gasteiger partial charge in [0.2, 0.25) is 0 Å². The SMILES string of the molecule is CN1CCN=C1c1cccc(OC2N=C(Cc3ccccc3)C([N+](=O)[O-])=C(Oc3cc(C#N)ccc3C(=O)OC(C)(C)C)N2N)c1. The highest BCUT2D eigenvalue weighted by atomic mass is 16.6.